The number of ether oxygens (including phenoxy) is 2. The van der Waals surface area contributed by atoms with E-state index in [9.17, 15) is 19.2 Å². The van der Waals surface area contributed by atoms with Crippen molar-refractivity contribution in [1.29, 1.82) is 0 Å². The first-order chi connectivity index (χ1) is 17.9. The number of nitrogens with zero attached hydrogens (tertiary/aromatic N) is 4. The molecule has 3 amide bonds. The molecule has 2 aliphatic heterocycles. The number of piperidine rings is 1. The van der Waals surface area contributed by atoms with Gasteiger partial charge in [0.05, 0.1) is 42.4 Å². The number of benzene rings is 1. The predicted molar refractivity (Wildman–Crippen MR) is 141 cm³/mol. The Morgan fingerprint density at radius 3 is 2.74 bits per heavy atom. The number of aromatic nitrogens is 2. The van der Waals surface area contributed by atoms with Gasteiger partial charge in [0.25, 0.3) is 0 Å². The normalized spacial score (nSPS) is 20.6. The number of imide groups is 1. The minimum absolute atomic E-state index is 0.158. The van der Waals surface area contributed by atoms with E-state index >= 15 is 0 Å². The zero-order chi connectivity index (χ0) is 27.6. The van der Waals surface area contributed by atoms with E-state index in [0.29, 0.717) is 42.8 Å². The second-order valence-electron chi connectivity index (χ2n) is 10.7. The largest absolute Gasteiger partial charge is 0.444 e. The Bertz CT molecular complexity index is 1360. The predicted octanol–water partition coefficient (Wildman–Crippen LogP) is 1.24. The molecule has 4 rings (SSSR count). The van der Waals surface area contributed by atoms with Crippen molar-refractivity contribution in [2.45, 2.75) is 51.4 Å². The second kappa shape index (κ2) is 11.0. The monoisotopic (exact) mass is 525 g/mol. The smallest absolute Gasteiger partial charge is 0.410 e. The number of fused-ring (bicyclic) bond motifs is 1. The van der Waals surface area contributed by atoms with E-state index in [-0.39, 0.29) is 36.6 Å². The summed E-state index contributed by atoms with van der Waals surface area (Å²) >= 11 is 0. The van der Waals surface area contributed by atoms with Gasteiger partial charge < -0.3 is 14.4 Å². The van der Waals surface area contributed by atoms with Gasteiger partial charge in [0.15, 0.2) is 0 Å². The van der Waals surface area contributed by atoms with Gasteiger partial charge in [-0.05, 0) is 39.3 Å². The Morgan fingerprint density at radius 1 is 1.26 bits per heavy atom. The van der Waals surface area contributed by atoms with Gasteiger partial charge in [-0.15, -0.1) is 0 Å². The lowest BCUT2D eigenvalue weighted by Gasteiger charge is -2.34. The zero-order valence-electron chi connectivity index (χ0n) is 22.6. The molecule has 38 heavy (non-hydrogen) atoms. The third-order valence-corrected chi connectivity index (χ3v) is 6.56. The molecule has 0 bridgehead atoms. The first-order valence-electron chi connectivity index (χ1n) is 12.7. The van der Waals surface area contributed by atoms with Crippen molar-refractivity contribution >= 4 is 28.9 Å². The number of hydrogen-bond donors (Lipinski definition) is 1. The van der Waals surface area contributed by atoms with Gasteiger partial charge in [0.2, 0.25) is 11.8 Å². The van der Waals surface area contributed by atoms with E-state index < -0.39 is 17.6 Å². The lowest BCUT2D eigenvalue weighted by molar-refractivity contribution is -0.135. The molecule has 2 saturated heterocycles. The van der Waals surface area contributed by atoms with E-state index in [1.54, 1.807) is 20.2 Å². The molecule has 11 nitrogen and oxygen atoms in total. The third kappa shape index (κ3) is 6.09. The van der Waals surface area contributed by atoms with Gasteiger partial charge in [-0.25, -0.2) is 9.59 Å². The van der Waals surface area contributed by atoms with Crippen LogP contribution >= 0.6 is 0 Å². The van der Waals surface area contributed by atoms with E-state index in [0.717, 1.165) is 6.54 Å². The molecular formula is C27H35N5O6. The molecule has 0 aliphatic carbocycles. The maximum Gasteiger partial charge on any atom is 0.410 e. The number of para-hydroxylation sites is 1. The van der Waals surface area contributed by atoms with E-state index in [1.807, 2.05) is 32.9 Å². The molecule has 2 atom stereocenters. The Labute approximate surface area is 221 Å². The van der Waals surface area contributed by atoms with Crippen LogP contribution in [0, 0.1) is 11.8 Å². The number of rotatable bonds is 4. The highest BCUT2D eigenvalue weighted by Crippen LogP contribution is 2.24. The summed E-state index contributed by atoms with van der Waals surface area (Å²) in [4.78, 5) is 53.1. The maximum atomic E-state index is 13.1. The highest BCUT2D eigenvalue weighted by molar-refractivity contribution is 6.00. The standard InChI is InChI=1S/C27H35N5O6/c1-27(2,3)38-26(36)29(4)16-19-17-31(14-15-37-19)13-7-9-18-8-6-10-20-23(18)30(5)25(35)32(20)21-11-12-22(33)28-24(21)34/h6,8,10,19,21H,11-17H2,1-5H3,(H,28,33,34)/t19-,21?/m0/s1. The molecular weight excluding hydrogens is 490 g/mol. The van der Waals surface area contributed by atoms with Crippen molar-refractivity contribution in [3.63, 3.8) is 0 Å². The minimum Gasteiger partial charge on any atom is -0.444 e. The molecule has 0 spiro atoms. The molecule has 2 aromatic rings. The number of carbonyl (C=O) groups excluding carboxylic acids is 3. The molecule has 3 heterocycles. The maximum absolute atomic E-state index is 13.1. The molecule has 204 valence electrons. The summed E-state index contributed by atoms with van der Waals surface area (Å²) in [5.74, 6) is 5.61. The number of hydrogen-bond acceptors (Lipinski definition) is 7. The molecule has 2 aliphatic rings. The van der Waals surface area contributed by atoms with Gasteiger partial charge in [0, 0.05) is 33.6 Å². The Morgan fingerprint density at radius 2 is 2.03 bits per heavy atom. The summed E-state index contributed by atoms with van der Waals surface area (Å²) in [7, 11) is 3.36. The van der Waals surface area contributed by atoms with Crippen LogP contribution in [0.25, 0.3) is 11.0 Å². The Balaban J connectivity index is 1.46. The lowest BCUT2D eigenvalue weighted by atomic mass is 10.1. The fraction of sp³-hybridized carbons (Fsp3) is 0.556. The van der Waals surface area contributed by atoms with Gasteiger partial charge in [-0.2, -0.15) is 0 Å². The summed E-state index contributed by atoms with van der Waals surface area (Å²) < 4.78 is 14.2. The van der Waals surface area contributed by atoms with Crippen molar-refractivity contribution < 1.29 is 23.9 Å². The summed E-state index contributed by atoms with van der Waals surface area (Å²) in [6, 6.07) is 4.71. The van der Waals surface area contributed by atoms with Crippen LogP contribution in [0.3, 0.4) is 0 Å². The van der Waals surface area contributed by atoms with E-state index in [1.165, 1.54) is 14.0 Å². The van der Waals surface area contributed by atoms with Crippen molar-refractivity contribution in [3.8, 4) is 11.8 Å². The Hall–Kier alpha value is -3.62. The summed E-state index contributed by atoms with van der Waals surface area (Å²) in [6.45, 7) is 8.28. The minimum atomic E-state index is -0.740. The molecule has 0 saturated carbocycles. The van der Waals surface area contributed by atoms with Gasteiger partial charge >= 0.3 is 11.8 Å². The van der Waals surface area contributed by atoms with Crippen LogP contribution in [0.15, 0.2) is 23.0 Å². The van der Waals surface area contributed by atoms with Crippen LogP contribution in [-0.2, 0) is 26.1 Å². The van der Waals surface area contributed by atoms with E-state index in [2.05, 4.69) is 22.1 Å². The van der Waals surface area contributed by atoms with Crippen LogP contribution in [0.5, 0.6) is 0 Å². The molecule has 11 heteroatoms. The molecule has 1 unspecified atom stereocenters. The second-order valence-corrected chi connectivity index (χ2v) is 10.7. The average Bonchev–Trinajstić information content (AvgIpc) is 3.09. The van der Waals surface area contributed by atoms with Gasteiger partial charge in [-0.3, -0.25) is 28.9 Å². The topological polar surface area (TPSA) is 115 Å². The summed E-state index contributed by atoms with van der Waals surface area (Å²) in [6.07, 6.45) is -0.0795. The summed E-state index contributed by atoms with van der Waals surface area (Å²) in [5, 5.41) is 2.33. The summed E-state index contributed by atoms with van der Waals surface area (Å²) in [5.41, 5.74) is 1.05. The number of likely N-dealkylation sites (N-methyl/N-ethyl adjacent to an activating group) is 1. The molecule has 1 aromatic heterocycles. The van der Waals surface area contributed by atoms with E-state index in [4.69, 9.17) is 9.47 Å². The van der Waals surface area contributed by atoms with Gasteiger partial charge in [-0.1, -0.05) is 17.9 Å². The van der Waals surface area contributed by atoms with Crippen LogP contribution in [0.1, 0.15) is 45.2 Å². The molecule has 2 fully saturated rings. The highest BCUT2D eigenvalue weighted by Gasteiger charge is 2.31. The van der Waals surface area contributed by atoms with Crippen LogP contribution in [0.2, 0.25) is 0 Å². The van der Waals surface area contributed by atoms with Crippen LogP contribution in [0.4, 0.5) is 4.79 Å². The fourth-order valence-electron chi connectivity index (χ4n) is 4.77. The lowest BCUT2D eigenvalue weighted by Crippen LogP contribution is -2.48. The third-order valence-electron chi connectivity index (χ3n) is 6.56. The van der Waals surface area contributed by atoms with Crippen molar-refractivity contribution in [3.05, 3.63) is 34.2 Å². The highest BCUT2D eigenvalue weighted by atomic mass is 16.6. The first kappa shape index (κ1) is 27.4. The fourth-order valence-corrected chi connectivity index (χ4v) is 4.77. The molecule has 1 aromatic carbocycles. The van der Waals surface area contributed by atoms with Crippen LogP contribution in [-0.4, -0.2) is 88.4 Å². The zero-order valence-corrected chi connectivity index (χ0v) is 22.6. The number of imidazole rings is 1. The SMILES string of the molecule is CN(C[C@H]1CN(CC#Cc2cccc3c2n(C)c(=O)n3C2CCC(=O)NC2=O)CCO1)C(=O)OC(C)(C)C. The molecule has 0 radical (unpaired) electrons. The van der Waals surface area contributed by atoms with Crippen molar-refractivity contribution in [2.75, 3.05) is 39.8 Å². The number of amides is 3. The van der Waals surface area contributed by atoms with Gasteiger partial charge in [0.1, 0.15) is 11.6 Å². The average molecular weight is 526 g/mol. The number of aryl methyl sites for hydroxylation is 1. The molecule has 1 N–H and O–H groups in total. The number of nitrogens with one attached hydrogen (secondary N) is 1. The van der Waals surface area contributed by atoms with Crippen LogP contribution < -0.4 is 11.0 Å². The van der Waals surface area contributed by atoms with Crippen molar-refractivity contribution in [2.24, 2.45) is 7.05 Å². The van der Waals surface area contributed by atoms with Crippen molar-refractivity contribution in [1.82, 2.24) is 24.3 Å². The first-order valence-corrected chi connectivity index (χ1v) is 12.7. The number of morpholine rings is 1. The Kier molecular flexibility index (Phi) is 7.94. The quantitative estimate of drug-likeness (QED) is 0.472. The number of carbonyl (C=O) groups is 3.